The van der Waals surface area contributed by atoms with Gasteiger partial charge in [0.15, 0.2) is 0 Å². The first kappa shape index (κ1) is 14.8. The van der Waals surface area contributed by atoms with E-state index in [4.69, 9.17) is 0 Å². The minimum atomic E-state index is -0.916. The molecule has 1 N–H and O–H groups in total. The average Bonchev–Trinajstić information content (AvgIpc) is 3.04. The van der Waals surface area contributed by atoms with Crippen molar-refractivity contribution < 1.29 is 14.7 Å². The molecular formula is C14H20N2O3S. The van der Waals surface area contributed by atoms with Crippen molar-refractivity contribution in [3.8, 4) is 0 Å². The average molecular weight is 296 g/mol. The maximum Gasteiger partial charge on any atom is 0.326 e. The molecule has 2 rings (SSSR count). The number of hydrogen-bond donors (Lipinski definition) is 1. The van der Waals surface area contributed by atoms with E-state index < -0.39 is 12.0 Å². The van der Waals surface area contributed by atoms with Gasteiger partial charge in [-0.15, -0.1) is 11.3 Å². The number of urea groups is 1. The van der Waals surface area contributed by atoms with Gasteiger partial charge in [-0.3, -0.25) is 0 Å². The van der Waals surface area contributed by atoms with Crippen molar-refractivity contribution in [3.63, 3.8) is 0 Å². The highest BCUT2D eigenvalue weighted by Gasteiger charge is 2.41. The molecule has 1 aromatic heterocycles. The standard InChI is InChI=1S/C14H20N2O3S/c1-9-6-7-16(12(9)13(17)18)14(19)15(3)10(2)11-5-4-8-20-11/h4-5,8-10,12H,6-7H2,1-3H3,(H,17,18). The van der Waals surface area contributed by atoms with Crippen LogP contribution in [0, 0.1) is 5.92 Å². The van der Waals surface area contributed by atoms with Crippen molar-refractivity contribution >= 4 is 23.3 Å². The highest BCUT2D eigenvalue weighted by Crippen LogP contribution is 2.29. The molecule has 5 nitrogen and oxygen atoms in total. The van der Waals surface area contributed by atoms with Gasteiger partial charge in [0.2, 0.25) is 0 Å². The topological polar surface area (TPSA) is 60.9 Å². The Morgan fingerprint density at radius 1 is 1.55 bits per heavy atom. The lowest BCUT2D eigenvalue weighted by Crippen LogP contribution is -2.48. The Morgan fingerprint density at radius 2 is 2.25 bits per heavy atom. The van der Waals surface area contributed by atoms with Crippen molar-refractivity contribution in [1.29, 1.82) is 0 Å². The molecule has 20 heavy (non-hydrogen) atoms. The molecule has 2 heterocycles. The van der Waals surface area contributed by atoms with E-state index in [1.165, 1.54) is 4.90 Å². The zero-order chi connectivity index (χ0) is 14.9. The Morgan fingerprint density at radius 3 is 2.80 bits per heavy atom. The number of carbonyl (C=O) groups excluding carboxylic acids is 1. The zero-order valence-corrected chi connectivity index (χ0v) is 12.8. The quantitative estimate of drug-likeness (QED) is 0.932. The van der Waals surface area contributed by atoms with Gasteiger partial charge < -0.3 is 14.9 Å². The number of carboxylic acids is 1. The molecule has 1 saturated heterocycles. The molecule has 3 atom stereocenters. The summed E-state index contributed by atoms with van der Waals surface area (Å²) < 4.78 is 0. The van der Waals surface area contributed by atoms with Crippen molar-refractivity contribution in [3.05, 3.63) is 22.4 Å². The monoisotopic (exact) mass is 296 g/mol. The highest BCUT2D eigenvalue weighted by molar-refractivity contribution is 7.10. The van der Waals surface area contributed by atoms with Crippen LogP contribution in [0.1, 0.15) is 31.2 Å². The van der Waals surface area contributed by atoms with Crippen molar-refractivity contribution in [2.45, 2.75) is 32.4 Å². The lowest BCUT2D eigenvalue weighted by molar-refractivity contribution is -0.142. The molecule has 1 fully saturated rings. The fraction of sp³-hybridized carbons (Fsp3) is 0.571. The Balaban J connectivity index is 2.12. The molecule has 110 valence electrons. The number of hydrogen-bond acceptors (Lipinski definition) is 3. The maximum atomic E-state index is 12.5. The van der Waals surface area contributed by atoms with Crippen LogP contribution in [0.2, 0.25) is 0 Å². The fourth-order valence-electron chi connectivity index (χ4n) is 2.63. The number of aliphatic carboxylic acids is 1. The van der Waals surface area contributed by atoms with Crippen LogP contribution in [0.3, 0.4) is 0 Å². The third-order valence-electron chi connectivity index (χ3n) is 4.04. The first-order chi connectivity index (χ1) is 9.43. The van der Waals surface area contributed by atoms with Gasteiger partial charge in [-0.05, 0) is 30.7 Å². The highest BCUT2D eigenvalue weighted by atomic mass is 32.1. The molecule has 0 bridgehead atoms. The fourth-order valence-corrected chi connectivity index (χ4v) is 3.45. The number of carbonyl (C=O) groups is 2. The summed E-state index contributed by atoms with van der Waals surface area (Å²) in [6, 6.07) is 2.98. The molecule has 0 aromatic carbocycles. The summed E-state index contributed by atoms with van der Waals surface area (Å²) in [5.41, 5.74) is 0. The second-order valence-corrected chi connectivity index (χ2v) is 6.31. The van der Waals surface area contributed by atoms with Crippen LogP contribution >= 0.6 is 11.3 Å². The van der Waals surface area contributed by atoms with Gasteiger partial charge in [0.05, 0.1) is 6.04 Å². The Hall–Kier alpha value is -1.56. The number of nitrogens with zero attached hydrogens (tertiary/aromatic N) is 2. The molecule has 3 unspecified atom stereocenters. The van der Waals surface area contributed by atoms with Gasteiger partial charge in [0.25, 0.3) is 0 Å². The zero-order valence-electron chi connectivity index (χ0n) is 11.9. The number of carboxylic acid groups (broad SMARTS) is 1. The molecule has 2 amide bonds. The van der Waals surface area contributed by atoms with E-state index in [0.717, 1.165) is 11.3 Å². The molecule has 6 heteroatoms. The van der Waals surface area contributed by atoms with Gasteiger partial charge in [-0.2, -0.15) is 0 Å². The van der Waals surface area contributed by atoms with E-state index in [0.29, 0.717) is 6.54 Å². The Kier molecular flexibility index (Phi) is 4.32. The summed E-state index contributed by atoms with van der Waals surface area (Å²) in [7, 11) is 1.73. The van der Waals surface area contributed by atoms with E-state index in [-0.39, 0.29) is 18.0 Å². The molecule has 0 aliphatic carbocycles. The Bertz CT molecular complexity index is 489. The molecule has 1 aliphatic rings. The second-order valence-electron chi connectivity index (χ2n) is 5.33. The van der Waals surface area contributed by atoms with E-state index in [9.17, 15) is 14.7 Å². The smallest absolute Gasteiger partial charge is 0.326 e. The van der Waals surface area contributed by atoms with E-state index in [2.05, 4.69) is 0 Å². The normalized spacial score (nSPS) is 23.6. The summed E-state index contributed by atoms with van der Waals surface area (Å²) in [6.45, 7) is 4.35. The van der Waals surface area contributed by atoms with E-state index >= 15 is 0 Å². The second kappa shape index (κ2) is 5.83. The van der Waals surface area contributed by atoms with E-state index in [1.54, 1.807) is 23.3 Å². The minimum absolute atomic E-state index is 0.00175. The lowest BCUT2D eigenvalue weighted by Gasteiger charge is -2.31. The summed E-state index contributed by atoms with van der Waals surface area (Å²) in [5, 5.41) is 11.3. The van der Waals surface area contributed by atoms with Crippen LogP contribution in [-0.4, -0.2) is 46.5 Å². The summed E-state index contributed by atoms with van der Waals surface area (Å²) in [6.07, 6.45) is 0.740. The minimum Gasteiger partial charge on any atom is -0.480 e. The van der Waals surface area contributed by atoms with Crippen molar-refractivity contribution in [1.82, 2.24) is 9.80 Å². The molecule has 1 aliphatic heterocycles. The summed E-state index contributed by atoms with van der Waals surface area (Å²) in [5.74, 6) is -0.914. The SMILES string of the molecule is CC1CCN(C(=O)N(C)C(C)c2cccs2)C1C(=O)O. The summed E-state index contributed by atoms with van der Waals surface area (Å²) >= 11 is 1.60. The van der Waals surface area contributed by atoms with Crippen LogP contribution in [-0.2, 0) is 4.79 Å². The number of amides is 2. The van der Waals surface area contributed by atoms with Crippen LogP contribution in [0.4, 0.5) is 4.79 Å². The van der Waals surface area contributed by atoms with Gasteiger partial charge in [-0.25, -0.2) is 9.59 Å². The van der Waals surface area contributed by atoms with Crippen LogP contribution in [0.5, 0.6) is 0 Å². The molecular weight excluding hydrogens is 276 g/mol. The first-order valence-corrected chi connectivity index (χ1v) is 7.61. The maximum absolute atomic E-state index is 12.5. The molecule has 0 saturated carbocycles. The summed E-state index contributed by atoms with van der Waals surface area (Å²) in [4.78, 5) is 28.1. The molecule has 1 aromatic rings. The first-order valence-electron chi connectivity index (χ1n) is 6.73. The van der Waals surface area contributed by atoms with Gasteiger partial charge in [0, 0.05) is 18.5 Å². The largest absolute Gasteiger partial charge is 0.480 e. The Labute approximate surface area is 122 Å². The van der Waals surface area contributed by atoms with Crippen LogP contribution in [0.25, 0.3) is 0 Å². The molecule has 0 spiro atoms. The van der Waals surface area contributed by atoms with Crippen molar-refractivity contribution in [2.24, 2.45) is 5.92 Å². The number of thiophene rings is 1. The van der Waals surface area contributed by atoms with Gasteiger partial charge in [-0.1, -0.05) is 13.0 Å². The number of rotatable bonds is 3. The van der Waals surface area contributed by atoms with Crippen LogP contribution in [0.15, 0.2) is 17.5 Å². The van der Waals surface area contributed by atoms with Gasteiger partial charge >= 0.3 is 12.0 Å². The third-order valence-corrected chi connectivity index (χ3v) is 5.08. The van der Waals surface area contributed by atoms with Gasteiger partial charge in [0.1, 0.15) is 6.04 Å². The van der Waals surface area contributed by atoms with Crippen LogP contribution < -0.4 is 0 Å². The van der Waals surface area contributed by atoms with Crippen molar-refractivity contribution in [2.75, 3.05) is 13.6 Å². The molecule has 0 radical (unpaired) electrons. The number of likely N-dealkylation sites (tertiary alicyclic amines) is 1. The van der Waals surface area contributed by atoms with E-state index in [1.807, 2.05) is 31.4 Å². The lowest BCUT2D eigenvalue weighted by atomic mass is 10.0. The third kappa shape index (κ3) is 2.65. The predicted molar refractivity (Wildman–Crippen MR) is 77.8 cm³/mol. The predicted octanol–water partition coefficient (Wildman–Crippen LogP) is 2.66.